The minimum atomic E-state index is -0.921. The molecule has 2 atom stereocenters. The van der Waals surface area contributed by atoms with E-state index in [1.807, 2.05) is 4.90 Å². The zero-order chi connectivity index (χ0) is 22.1. The van der Waals surface area contributed by atoms with Crippen molar-refractivity contribution in [3.8, 4) is 0 Å². The molecule has 0 radical (unpaired) electrons. The van der Waals surface area contributed by atoms with Crippen LogP contribution in [0.1, 0.15) is 17.5 Å². The lowest BCUT2D eigenvalue weighted by Crippen LogP contribution is -2.55. The predicted molar refractivity (Wildman–Crippen MR) is 119 cm³/mol. The second kappa shape index (κ2) is 8.80. The largest absolute Gasteiger partial charge is 0.390 e. The van der Waals surface area contributed by atoms with E-state index >= 15 is 0 Å². The summed E-state index contributed by atoms with van der Waals surface area (Å²) < 4.78 is 26.6. The molecular formula is C24H25F2N5O. The summed E-state index contributed by atoms with van der Waals surface area (Å²) in [4.78, 5) is 13.0. The van der Waals surface area contributed by atoms with Crippen LogP contribution in [0.2, 0.25) is 0 Å². The average Bonchev–Trinajstić information content (AvgIpc) is 2.81. The van der Waals surface area contributed by atoms with Crippen LogP contribution in [0, 0.1) is 11.6 Å². The number of aliphatic hydroxyl groups excluding tert-OH is 1. The summed E-state index contributed by atoms with van der Waals surface area (Å²) in [7, 11) is 0. The Hall–Kier alpha value is -3.10. The molecule has 8 heteroatoms. The quantitative estimate of drug-likeness (QED) is 0.652. The fourth-order valence-corrected chi connectivity index (χ4v) is 4.66. The maximum atomic E-state index is 13.5. The van der Waals surface area contributed by atoms with E-state index in [1.165, 1.54) is 23.5 Å². The summed E-state index contributed by atoms with van der Waals surface area (Å²) in [6.07, 6.45) is 2.77. The first-order valence-corrected chi connectivity index (χ1v) is 10.8. The van der Waals surface area contributed by atoms with E-state index in [-0.39, 0.29) is 6.04 Å². The van der Waals surface area contributed by atoms with E-state index in [4.69, 9.17) is 0 Å². The molecule has 2 aliphatic heterocycles. The standard InChI is InChI=1S/C24H25F2N5O/c25-19-6-5-18(11-20(19)26)29-23-12-24(28-15-27-23)31-10-8-21(22(32)14-31)30-9-7-16-3-1-2-4-17(16)13-30/h1-6,11-12,15,21-22,32H,7-10,13-14H2,(H,27,28,29)/t21-,22-/m0/s1. The molecule has 3 aromatic rings. The van der Waals surface area contributed by atoms with Gasteiger partial charge in [0.15, 0.2) is 11.6 Å². The number of nitrogens with zero attached hydrogens (tertiary/aromatic N) is 4. The van der Waals surface area contributed by atoms with Crippen molar-refractivity contribution in [2.75, 3.05) is 29.9 Å². The Balaban J connectivity index is 1.25. The molecule has 2 aromatic carbocycles. The number of aliphatic hydroxyl groups is 1. The Labute approximate surface area is 185 Å². The third-order valence-electron chi connectivity index (χ3n) is 6.34. The Morgan fingerprint density at radius 1 is 0.969 bits per heavy atom. The van der Waals surface area contributed by atoms with Gasteiger partial charge in [0.2, 0.25) is 0 Å². The van der Waals surface area contributed by atoms with Gasteiger partial charge in [-0.15, -0.1) is 0 Å². The molecule has 0 amide bonds. The first kappa shape index (κ1) is 20.8. The number of β-amino-alcohol motifs (C(OH)–C–C–N with tert-alkyl or cyclic N) is 1. The Morgan fingerprint density at radius 3 is 2.62 bits per heavy atom. The maximum Gasteiger partial charge on any atom is 0.160 e. The predicted octanol–water partition coefficient (Wildman–Crippen LogP) is 3.50. The van der Waals surface area contributed by atoms with Crippen LogP contribution in [0.25, 0.3) is 0 Å². The molecule has 0 aliphatic carbocycles. The molecule has 0 unspecified atom stereocenters. The van der Waals surface area contributed by atoms with Gasteiger partial charge in [-0.05, 0) is 36.1 Å². The average molecular weight is 437 g/mol. The van der Waals surface area contributed by atoms with Gasteiger partial charge in [0.1, 0.15) is 18.0 Å². The van der Waals surface area contributed by atoms with Crippen LogP contribution in [-0.4, -0.2) is 51.8 Å². The number of hydrogen-bond donors (Lipinski definition) is 2. The van der Waals surface area contributed by atoms with Gasteiger partial charge in [-0.2, -0.15) is 0 Å². The van der Waals surface area contributed by atoms with Crippen LogP contribution in [-0.2, 0) is 13.0 Å². The van der Waals surface area contributed by atoms with E-state index < -0.39 is 17.7 Å². The Morgan fingerprint density at radius 2 is 1.81 bits per heavy atom. The van der Waals surface area contributed by atoms with Crippen LogP contribution in [0.5, 0.6) is 0 Å². The third-order valence-corrected chi connectivity index (χ3v) is 6.34. The molecule has 5 rings (SSSR count). The lowest BCUT2D eigenvalue weighted by molar-refractivity contribution is 0.0293. The summed E-state index contributed by atoms with van der Waals surface area (Å²) >= 11 is 0. The number of piperidine rings is 1. The third kappa shape index (κ3) is 4.28. The number of aromatic nitrogens is 2. The zero-order valence-electron chi connectivity index (χ0n) is 17.6. The van der Waals surface area contributed by atoms with E-state index in [0.717, 1.165) is 44.6 Å². The highest BCUT2D eigenvalue weighted by atomic mass is 19.2. The summed E-state index contributed by atoms with van der Waals surface area (Å²) in [5.41, 5.74) is 3.15. The highest BCUT2D eigenvalue weighted by molar-refractivity contribution is 5.59. The van der Waals surface area contributed by atoms with Crippen LogP contribution >= 0.6 is 0 Å². The minimum absolute atomic E-state index is 0.112. The highest BCUT2D eigenvalue weighted by Gasteiger charge is 2.34. The summed E-state index contributed by atoms with van der Waals surface area (Å²) in [5, 5.41) is 13.9. The number of halogens is 2. The van der Waals surface area contributed by atoms with Gasteiger partial charge in [0.05, 0.1) is 6.10 Å². The highest BCUT2D eigenvalue weighted by Crippen LogP contribution is 2.28. The Bertz CT molecular complexity index is 1110. The van der Waals surface area contributed by atoms with Crippen molar-refractivity contribution >= 4 is 17.3 Å². The lowest BCUT2D eigenvalue weighted by atomic mass is 9.94. The van der Waals surface area contributed by atoms with Gasteiger partial charge in [-0.1, -0.05) is 24.3 Å². The molecule has 1 aromatic heterocycles. The molecule has 2 N–H and O–H groups in total. The second-order valence-electron chi connectivity index (χ2n) is 8.37. The molecule has 0 bridgehead atoms. The normalized spacial score (nSPS) is 21.3. The summed E-state index contributed by atoms with van der Waals surface area (Å²) in [6.45, 7) is 3.06. The smallest absolute Gasteiger partial charge is 0.160 e. The van der Waals surface area contributed by atoms with Crippen molar-refractivity contribution in [3.05, 3.63) is 77.6 Å². The Kier molecular flexibility index (Phi) is 5.71. The van der Waals surface area contributed by atoms with Gasteiger partial charge in [0, 0.05) is 50.0 Å². The van der Waals surface area contributed by atoms with Gasteiger partial charge in [-0.25, -0.2) is 18.7 Å². The number of nitrogens with one attached hydrogen (secondary N) is 1. The number of benzene rings is 2. The van der Waals surface area contributed by atoms with Crippen molar-refractivity contribution in [2.45, 2.75) is 31.5 Å². The van der Waals surface area contributed by atoms with Crippen molar-refractivity contribution in [3.63, 3.8) is 0 Å². The molecule has 0 saturated carbocycles. The van der Waals surface area contributed by atoms with E-state index in [0.29, 0.717) is 23.9 Å². The summed E-state index contributed by atoms with van der Waals surface area (Å²) in [5.74, 6) is -0.653. The number of hydrogen-bond acceptors (Lipinski definition) is 6. The van der Waals surface area contributed by atoms with Crippen LogP contribution in [0.4, 0.5) is 26.1 Å². The molecule has 1 fully saturated rings. The lowest BCUT2D eigenvalue weighted by Gasteiger charge is -2.43. The first-order valence-electron chi connectivity index (χ1n) is 10.8. The van der Waals surface area contributed by atoms with Gasteiger partial charge in [0.25, 0.3) is 0 Å². The van der Waals surface area contributed by atoms with E-state index in [9.17, 15) is 13.9 Å². The topological polar surface area (TPSA) is 64.5 Å². The minimum Gasteiger partial charge on any atom is -0.390 e. The summed E-state index contributed by atoms with van der Waals surface area (Å²) in [6, 6.07) is 14.0. The van der Waals surface area contributed by atoms with Gasteiger partial charge >= 0.3 is 0 Å². The zero-order valence-corrected chi connectivity index (χ0v) is 17.6. The van der Waals surface area contributed by atoms with Gasteiger partial charge < -0.3 is 15.3 Å². The van der Waals surface area contributed by atoms with Crippen LogP contribution < -0.4 is 10.2 Å². The number of fused-ring (bicyclic) bond motifs is 1. The molecule has 0 spiro atoms. The van der Waals surface area contributed by atoms with Gasteiger partial charge in [-0.3, -0.25) is 4.90 Å². The van der Waals surface area contributed by atoms with Crippen molar-refractivity contribution in [2.24, 2.45) is 0 Å². The number of anilines is 3. The molecule has 32 heavy (non-hydrogen) atoms. The fraction of sp³-hybridized carbons (Fsp3) is 0.333. The maximum absolute atomic E-state index is 13.5. The first-order chi connectivity index (χ1) is 15.6. The molecule has 2 aliphatic rings. The second-order valence-corrected chi connectivity index (χ2v) is 8.37. The molecule has 1 saturated heterocycles. The van der Waals surface area contributed by atoms with Crippen molar-refractivity contribution < 1.29 is 13.9 Å². The molecule has 6 nitrogen and oxygen atoms in total. The molecular weight excluding hydrogens is 412 g/mol. The van der Waals surface area contributed by atoms with E-state index in [1.54, 1.807) is 6.07 Å². The number of rotatable bonds is 4. The molecule has 166 valence electrons. The van der Waals surface area contributed by atoms with Crippen LogP contribution in [0.15, 0.2) is 54.9 Å². The monoisotopic (exact) mass is 437 g/mol. The van der Waals surface area contributed by atoms with E-state index in [2.05, 4.69) is 44.5 Å². The SMILES string of the molecule is O[C@H]1CN(c2cc(Nc3ccc(F)c(F)c3)ncn2)CC[C@@H]1N1CCc2ccccc2C1. The van der Waals surface area contributed by atoms with Crippen LogP contribution in [0.3, 0.4) is 0 Å². The fourth-order valence-electron chi connectivity index (χ4n) is 4.66. The van der Waals surface area contributed by atoms with Crippen molar-refractivity contribution in [1.29, 1.82) is 0 Å². The van der Waals surface area contributed by atoms with Crippen molar-refractivity contribution in [1.82, 2.24) is 14.9 Å². The molecule has 3 heterocycles.